The molecule has 0 saturated carbocycles. The molecule has 0 bridgehead atoms. The molecule has 0 aromatic carbocycles. The maximum absolute atomic E-state index is 4.45. The molecule has 2 fully saturated rings. The molecular formula is C16H22N4S2. The number of aromatic nitrogens is 2. The van der Waals surface area contributed by atoms with Crippen LogP contribution < -0.4 is 0 Å². The summed E-state index contributed by atoms with van der Waals surface area (Å²) >= 11 is 3.56. The van der Waals surface area contributed by atoms with Crippen LogP contribution in [0.2, 0.25) is 0 Å². The summed E-state index contributed by atoms with van der Waals surface area (Å²) in [4.78, 5) is 14.1. The summed E-state index contributed by atoms with van der Waals surface area (Å²) in [5.41, 5.74) is 0.507. The summed E-state index contributed by atoms with van der Waals surface area (Å²) in [5, 5.41) is 6.68. The summed E-state index contributed by atoms with van der Waals surface area (Å²) < 4.78 is 0. The fourth-order valence-electron chi connectivity index (χ4n) is 3.99. The highest BCUT2D eigenvalue weighted by Crippen LogP contribution is 2.39. The van der Waals surface area contributed by atoms with Crippen molar-refractivity contribution >= 4 is 22.7 Å². The number of hydrogen-bond acceptors (Lipinski definition) is 6. The van der Waals surface area contributed by atoms with Crippen LogP contribution in [0.4, 0.5) is 0 Å². The third kappa shape index (κ3) is 3.25. The number of piperidine rings is 1. The summed E-state index contributed by atoms with van der Waals surface area (Å²) in [6.07, 6.45) is 7.90. The first-order chi connectivity index (χ1) is 10.8. The van der Waals surface area contributed by atoms with Crippen LogP contribution in [0.15, 0.2) is 23.2 Å². The van der Waals surface area contributed by atoms with Gasteiger partial charge in [-0.2, -0.15) is 0 Å². The van der Waals surface area contributed by atoms with Gasteiger partial charge in [-0.05, 0) is 37.8 Å². The monoisotopic (exact) mass is 334 g/mol. The molecule has 2 saturated heterocycles. The Hall–Kier alpha value is -0.820. The van der Waals surface area contributed by atoms with E-state index < -0.39 is 0 Å². The Morgan fingerprint density at radius 1 is 0.909 bits per heavy atom. The molecule has 0 aliphatic carbocycles. The molecule has 0 amide bonds. The molecule has 4 nitrogen and oxygen atoms in total. The summed E-state index contributed by atoms with van der Waals surface area (Å²) in [6, 6.07) is 0. The lowest BCUT2D eigenvalue weighted by atomic mass is 9.79. The second-order valence-corrected chi connectivity index (χ2v) is 8.58. The molecule has 4 rings (SSSR count). The van der Waals surface area contributed by atoms with Crippen molar-refractivity contribution < 1.29 is 0 Å². The molecule has 1 unspecified atom stereocenters. The van der Waals surface area contributed by atoms with Gasteiger partial charge in [-0.3, -0.25) is 9.80 Å². The lowest BCUT2D eigenvalue weighted by Gasteiger charge is -2.40. The maximum atomic E-state index is 4.45. The Kier molecular flexibility index (Phi) is 4.26. The average molecular weight is 335 g/mol. The summed E-state index contributed by atoms with van der Waals surface area (Å²) in [7, 11) is 0. The normalized spacial score (nSPS) is 26.9. The standard InChI is InChI=1S/C16H22N4S2/c1-2-16(12-19(6-1)10-14-17-4-8-21-14)3-7-20(13-16)11-15-18-5-9-22-15/h4-5,8-9H,1-3,6-7,10-13H2. The number of likely N-dealkylation sites (tertiary alicyclic amines) is 2. The topological polar surface area (TPSA) is 32.3 Å². The maximum Gasteiger partial charge on any atom is 0.107 e. The predicted octanol–water partition coefficient (Wildman–Crippen LogP) is 3.09. The Balaban J connectivity index is 1.37. The second kappa shape index (κ2) is 6.35. The van der Waals surface area contributed by atoms with Gasteiger partial charge in [0.05, 0.1) is 13.1 Å². The molecule has 118 valence electrons. The third-order valence-corrected chi connectivity index (χ3v) is 6.47. The Morgan fingerprint density at radius 2 is 1.55 bits per heavy atom. The van der Waals surface area contributed by atoms with Gasteiger partial charge >= 0.3 is 0 Å². The van der Waals surface area contributed by atoms with Crippen molar-refractivity contribution in [1.29, 1.82) is 0 Å². The number of thiazole rings is 2. The summed E-state index contributed by atoms with van der Waals surface area (Å²) in [5.74, 6) is 0. The third-order valence-electron chi connectivity index (χ3n) is 4.94. The van der Waals surface area contributed by atoms with Crippen LogP contribution in [-0.2, 0) is 13.1 Å². The van der Waals surface area contributed by atoms with Crippen LogP contribution in [0.1, 0.15) is 29.3 Å². The van der Waals surface area contributed by atoms with E-state index in [1.807, 2.05) is 12.4 Å². The van der Waals surface area contributed by atoms with E-state index in [1.54, 1.807) is 22.7 Å². The number of nitrogens with zero attached hydrogens (tertiary/aromatic N) is 4. The van der Waals surface area contributed by atoms with E-state index in [0.717, 1.165) is 13.1 Å². The van der Waals surface area contributed by atoms with Gasteiger partial charge in [0.2, 0.25) is 0 Å². The largest absolute Gasteiger partial charge is 0.296 e. The van der Waals surface area contributed by atoms with Crippen LogP contribution in [0, 0.1) is 5.41 Å². The zero-order valence-electron chi connectivity index (χ0n) is 12.8. The molecule has 2 aromatic rings. The first-order valence-electron chi connectivity index (χ1n) is 8.03. The predicted molar refractivity (Wildman–Crippen MR) is 91.1 cm³/mol. The second-order valence-electron chi connectivity index (χ2n) is 6.63. The molecule has 22 heavy (non-hydrogen) atoms. The molecule has 1 spiro atoms. The zero-order valence-corrected chi connectivity index (χ0v) is 14.4. The first kappa shape index (κ1) is 14.8. The fraction of sp³-hybridized carbons (Fsp3) is 0.625. The van der Waals surface area contributed by atoms with Crippen LogP contribution >= 0.6 is 22.7 Å². The van der Waals surface area contributed by atoms with Crippen LogP contribution in [0.5, 0.6) is 0 Å². The van der Waals surface area contributed by atoms with E-state index in [9.17, 15) is 0 Å². The van der Waals surface area contributed by atoms with Gasteiger partial charge in [-0.25, -0.2) is 9.97 Å². The first-order valence-corrected chi connectivity index (χ1v) is 9.79. The minimum Gasteiger partial charge on any atom is -0.296 e. The molecule has 2 aromatic heterocycles. The van der Waals surface area contributed by atoms with Gasteiger partial charge in [0, 0.05) is 36.2 Å². The number of rotatable bonds is 4. The van der Waals surface area contributed by atoms with E-state index in [0.29, 0.717) is 5.41 Å². The van der Waals surface area contributed by atoms with Gasteiger partial charge in [-0.1, -0.05) is 0 Å². The van der Waals surface area contributed by atoms with E-state index >= 15 is 0 Å². The quantitative estimate of drug-likeness (QED) is 0.860. The van der Waals surface area contributed by atoms with Crippen LogP contribution in [0.25, 0.3) is 0 Å². The minimum absolute atomic E-state index is 0.507. The van der Waals surface area contributed by atoms with E-state index in [-0.39, 0.29) is 0 Å². The highest BCUT2D eigenvalue weighted by atomic mass is 32.1. The van der Waals surface area contributed by atoms with Crippen molar-refractivity contribution in [3.63, 3.8) is 0 Å². The van der Waals surface area contributed by atoms with Crippen molar-refractivity contribution in [2.75, 3.05) is 26.2 Å². The molecule has 6 heteroatoms. The fourth-order valence-corrected chi connectivity index (χ4v) is 5.30. The van der Waals surface area contributed by atoms with Crippen molar-refractivity contribution in [3.8, 4) is 0 Å². The van der Waals surface area contributed by atoms with E-state index in [2.05, 4.69) is 30.5 Å². The van der Waals surface area contributed by atoms with Gasteiger partial charge < -0.3 is 0 Å². The Labute approximate surface area is 139 Å². The van der Waals surface area contributed by atoms with E-state index in [4.69, 9.17) is 0 Å². The Bertz CT molecular complexity index is 583. The van der Waals surface area contributed by atoms with Crippen LogP contribution in [0.3, 0.4) is 0 Å². The average Bonchev–Trinajstić information content (AvgIpc) is 3.24. The lowest BCUT2D eigenvalue weighted by Crippen LogP contribution is -2.44. The van der Waals surface area contributed by atoms with Crippen molar-refractivity contribution in [3.05, 3.63) is 33.2 Å². The van der Waals surface area contributed by atoms with E-state index in [1.165, 1.54) is 55.5 Å². The Morgan fingerprint density at radius 3 is 2.14 bits per heavy atom. The molecule has 0 radical (unpaired) electrons. The summed E-state index contributed by atoms with van der Waals surface area (Å²) in [6.45, 7) is 7.00. The molecule has 2 aliphatic heterocycles. The smallest absolute Gasteiger partial charge is 0.107 e. The van der Waals surface area contributed by atoms with Gasteiger partial charge in [0.1, 0.15) is 10.0 Å². The molecule has 0 N–H and O–H groups in total. The van der Waals surface area contributed by atoms with Crippen molar-refractivity contribution in [1.82, 2.24) is 19.8 Å². The van der Waals surface area contributed by atoms with Crippen molar-refractivity contribution in [2.24, 2.45) is 5.41 Å². The SMILES string of the molecule is c1csc(CN2CCCC3(CCN(Cc4nccs4)C3)C2)n1. The molecule has 4 heterocycles. The highest BCUT2D eigenvalue weighted by molar-refractivity contribution is 7.09. The van der Waals surface area contributed by atoms with Crippen molar-refractivity contribution in [2.45, 2.75) is 32.4 Å². The number of hydrogen-bond donors (Lipinski definition) is 0. The minimum atomic E-state index is 0.507. The zero-order chi connectivity index (χ0) is 14.8. The van der Waals surface area contributed by atoms with Crippen LogP contribution in [-0.4, -0.2) is 45.9 Å². The highest BCUT2D eigenvalue weighted by Gasteiger charge is 2.41. The van der Waals surface area contributed by atoms with Gasteiger partial charge in [0.15, 0.2) is 0 Å². The van der Waals surface area contributed by atoms with Gasteiger partial charge in [0.25, 0.3) is 0 Å². The molecule has 1 atom stereocenters. The van der Waals surface area contributed by atoms with Gasteiger partial charge in [-0.15, -0.1) is 22.7 Å². The molecular weight excluding hydrogens is 312 g/mol. The lowest BCUT2D eigenvalue weighted by molar-refractivity contribution is 0.0865. The molecule has 2 aliphatic rings.